The summed E-state index contributed by atoms with van der Waals surface area (Å²) in [5.41, 5.74) is 3.13. The van der Waals surface area contributed by atoms with Gasteiger partial charge in [-0.2, -0.15) is 10.2 Å². The van der Waals surface area contributed by atoms with Crippen LogP contribution in [0.5, 0.6) is 0 Å². The highest BCUT2D eigenvalue weighted by Crippen LogP contribution is 2.38. The quantitative estimate of drug-likeness (QED) is 0.849. The number of carbonyl (C=O) groups excluding carboxylic acids is 1. The second-order valence-electron chi connectivity index (χ2n) is 7.51. The highest BCUT2D eigenvalue weighted by atomic mass is 16.2. The molecule has 0 atom stereocenters. The van der Waals surface area contributed by atoms with Gasteiger partial charge in [-0.25, -0.2) is 14.8 Å². The number of carbonyl (C=O) groups is 1. The maximum Gasteiger partial charge on any atom is 0.343 e. The number of hydrogen-bond donors (Lipinski definition) is 1. The largest absolute Gasteiger partial charge is 0.343 e. The first-order valence-electron chi connectivity index (χ1n) is 10.0. The third-order valence-electron chi connectivity index (χ3n) is 5.67. The first-order chi connectivity index (χ1) is 14.0. The first-order valence-corrected chi connectivity index (χ1v) is 10.0. The number of aromatic nitrogens is 2. The van der Waals surface area contributed by atoms with Crippen LogP contribution in [0.3, 0.4) is 0 Å². The van der Waals surface area contributed by atoms with Gasteiger partial charge in [0.15, 0.2) is 5.82 Å². The number of benzene rings is 1. The second kappa shape index (κ2) is 7.59. The number of hydrazine groups is 1. The maximum atomic E-state index is 12.9. The number of anilines is 4. The van der Waals surface area contributed by atoms with Crippen LogP contribution in [0.2, 0.25) is 0 Å². The molecule has 0 bridgehead atoms. The predicted octanol–water partition coefficient (Wildman–Crippen LogP) is 3.96. The van der Waals surface area contributed by atoms with Gasteiger partial charge < -0.3 is 5.32 Å². The van der Waals surface area contributed by atoms with Gasteiger partial charge in [0.1, 0.15) is 5.69 Å². The molecule has 0 unspecified atom stereocenters. The van der Waals surface area contributed by atoms with Gasteiger partial charge in [0.05, 0.1) is 23.9 Å². The van der Waals surface area contributed by atoms with Gasteiger partial charge in [-0.15, -0.1) is 0 Å². The van der Waals surface area contributed by atoms with Crippen LogP contribution < -0.4 is 15.2 Å². The molecule has 0 spiro atoms. The third kappa shape index (κ3) is 3.33. The molecular formula is C21H25N7O. The molecule has 2 heterocycles. The number of nitrogens with zero attached hydrogens (tertiary/aromatic N) is 6. The Kier molecular flexibility index (Phi) is 4.97. The van der Waals surface area contributed by atoms with Gasteiger partial charge in [0.2, 0.25) is 5.95 Å². The van der Waals surface area contributed by atoms with Crippen molar-refractivity contribution in [3.63, 3.8) is 0 Å². The molecule has 1 aromatic heterocycles. The summed E-state index contributed by atoms with van der Waals surface area (Å²) < 4.78 is 0. The molecule has 29 heavy (non-hydrogen) atoms. The van der Waals surface area contributed by atoms with Crippen molar-refractivity contribution in [2.75, 3.05) is 28.8 Å². The molecule has 1 aliphatic carbocycles. The zero-order valence-electron chi connectivity index (χ0n) is 17.0. The van der Waals surface area contributed by atoms with Crippen LogP contribution in [0.1, 0.15) is 43.7 Å². The van der Waals surface area contributed by atoms with Gasteiger partial charge in [0, 0.05) is 19.3 Å². The number of nitriles is 1. The van der Waals surface area contributed by atoms with E-state index in [-0.39, 0.29) is 12.1 Å². The molecule has 8 heteroatoms. The van der Waals surface area contributed by atoms with E-state index >= 15 is 0 Å². The lowest BCUT2D eigenvalue weighted by Gasteiger charge is -2.45. The van der Waals surface area contributed by atoms with E-state index in [4.69, 9.17) is 10.2 Å². The van der Waals surface area contributed by atoms with Gasteiger partial charge >= 0.3 is 6.03 Å². The lowest BCUT2D eigenvalue weighted by atomic mass is 10.1. The Hall–Kier alpha value is -3.34. The fourth-order valence-electron chi connectivity index (χ4n) is 4.12. The van der Waals surface area contributed by atoms with Crippen molar-refractivity contribution in [2.45, 2.75) is 45.6 Å². The van der Waals surface area contributed by atoms with Gasteiger partial charge in [-0.3, -0.25) is 9.91 Å². The summed E-state index contributed by atoms with van der Waals surface area (Å²) in [6, 6.07) is 7.82. The Morgan fingerprint density at radius 2 is 2.07 bits per heavy atom. The summed E-state index contributed by atoms with van der Waals surface area (Å²) in [7, 11) is 1.76. The van der Waals surface area contributed by atoms with Crippen LogP contribution in [0.4, 0.5) is 27.9 Å². The average molecular weight is 391 g/mol. The summed E-state index contributed by atoms with van der Waals surface area (Å²) in [6.07, 6.45) is 6.14. The molecule has 1 fully saturated rings. The topological polar surface area (TPSA) is 88.4 Å². The molecule has 8 nitrogen and oxygen atoms in total. The zero-order chi connectivity index (χ0) is 20.5. The van der Waals surface area contributed by atoms with Crippen molar-refractivity contribution in [1.82, 2.24) is 15.0 Å². The molecule has 0 radical (unpaired) electrons. The van der Waals surface area contributed by atoms with Crippen LogP contribution >= 0.6 is 0 Å². The fourth-order valence-corrected chi connectivity index (χ4v) is 4.12. The highest BCUT2D eigenvalue weighted by Gasteiger charge is 2.39. The minimum absolute atomic E-state index is 0.0563. The normalized spacial score (nSPS) is 16.8. The fraction of sp³-hybridized carbons (Fsp3) is 0.429. The standard InChI is InChI=1S/C21H25N7O/c1-4-27-21(29)26(3)18-13-23-20(24-17-10-9-15(12-22)11-14(17)2)25-19(18)28(27)16-7-5-6-8-16/h9-11,13,16H,4-8H2,1-3H3,(H,23,24,25). The van der Waals surface area contributed by atoms with Crippen molar-refractivity contribution >= 4 is 29.2 Å². The summed E-state index contributed by atoms with van der Waals surface area (Å²) in [6.45, 7) is 4.51. The predicted molar refractivity (Wildman–Crippen MR) is 112 cm³/mol. The molecule has 1 saturated carbocycles. The number of urea groups is 1. The summed E-state index contributed by atoms with van der Waals surface area (Å²) in [5, 5.41) is 16.2. The van der Waals surface area contributed by atoms with E-state index in [1.165, 1.54) is 12.8 Å². The monoisotopic (exact) mass is 391 g/mol. The van der Waals surface area contributed by atoms with E-state index in [1.807, 2.05) is 26.0 Å². The lowest BCUT2D eigenvalue weighted by Crippen LogP contribution is -2.59. The molecule has 2 amide bonds. The average Bonchev–Trinajstić information content (AvgIpc) is 3.26. The van der Waals surface area contributed by atoms with Crippen molar-refractivity contribution in [3.8, 4) is 6.07 Å². The van der Waals surface area contributed by atoms with E-state index < -0.39 is 0 Å². The highest BCUT2D eigenvalue weighted by molar-refractivity contribution is 5.98. The Labute approximate surface area is 170 Å². The van der Waals surface area contributed by atoms with E-state index in [9.17, 15) is 4.79 Å². The summed E-state index contributed by atoms with van der Waals surface area (Å²) in [5.74, 6) is 1.23. The van der Waals surface area contributed by atoms with Crippen LogP contribution in [-0.4, -0.2) is 40.6 Å². The van der Waals surface area contributed by atoms with Crippen molar-refractivity contribution in [3.05, 3.63) is 35.5 Å². The number of hydrogen-bond acceptors (Lipinski definition) is 6. The molecule has 2 aromatic rings. The molecule has 1 aliphatic heterocycles. The molecular weight excluding hydrogens is 366 g/mol. The van der Waals surface area contributed by atoms with Crippen LogP contribution in [0.25, 0.3) is 0 Å². The van der Waals surface area contributed by atoms with Crippen LogP contribution in [-0.2, 0) is 0 Å². The van der Waals surface area contributed by atoms with Crippen molar-refractivity contribution in [1.29, 1.82) is 5.26 Å². The lowest BCUT2D eigenvalue weighted by molar-refractivity contribution is 0.191. The molecule has 2 aliphatic rings. The zero-order valence-corrected chi connectivity index (χ0v) is 17.0. The Bertz CT molecular complexity index is 977. The van der Waals surface area contributed by atoms with E-state index in [0.717, 1.165) is 29.9 Å². The van der Waals surface area contributed by atoms with Gasteiger partial charge in [0.25, 0.3) is 0 Å². The summed E-state index contributed by atoms with van der Waals surface area (Å²) in [4.78, 5) is 23.7. The molecule has 4 rings (SSSR count). The summed E-state index contributed by atoms with van der Waals surface area (Å²) >= 11 is 0. The molecule has 0 saturated heterocycles. The minimum atomic E-state index is -0.0563. The Balaban J connectivity index is 1.73. The van der Waals surface area contributed by atoms with Crippen LogP contribution in [0.15, 0.2) is 24.4 Å². The van der Waals surface area contributed by atoms with Crippen LogP contribution in [0, 0.1) is 18.3 Å². The van der Waals surface area contributed by atoms with E-state index in [2.05, 4.69) is 21.4 Å². The smallest absolute Gasteiger partial charge is 0.324 e. The maximum absolute atomic E-state index is 12.9. The van der Waals surface area contributed by atoms with E-state index in [1.54, 1.807) is 29.2 Å². The third-order valence-corrected chi connectivity index (χ3v) is 5.67. The second-order valence-corrected chi connectivity index (χ2v) is 7.51. The number of fused-ring (bicyclic) bond motifs is 1. The van der Waals surface area contributed by atoms with Crippen molar-refractivity contribution < 1.29 is 4.79 Å². The van der Waals surface area contributed by atoms with Gasteiger partial charge in [-0.05, 0) is 50.5 Å². The minimum Gasteiger partial charge on any atom is -0.324 e. The number of nitrogens with one attached hydrogen (secondary N) is 1. The molecule has 150 valence electrons. The van der Waals surface area contributed by atoms with Crippen molar-refractivity contribution in [2.24, 2.45) is 0 Å². The Morgan fingerprint density at radius 3 is 2.72 bits per heavy atom. The first kappa shape index (κ1) is 19.0. The Morgan fingerprint density at radius 1 is 1.31 bits per heavy atom. The number of rotatable bonds is 4. The van der Waals surface area contributed by atoms with E-state index in [0.29, 0.717) is 23.7 Å². The molecule has 1 N–H and O–H groups in total. The molecule has 1 aromatic carbocycles. The van der Waals surface area contributed by atoms with Gasteiger partial charge in [-0.1, -0.05) is 12.8 Å². The number of aryl methyl sites for hydroxylation is 1. The number of amides is 2. The SMILES string of the molecule is CCN1C(=O)N(C)c2cnc(Nc3ccc(C#N)cc3C)nc2N1C1CCCC1.